The third-order valence-corrected chi connectivity index (χ3v) is 3.74. The van der Waals surface area contributed by atoms with Crippen LogP contribution in [0.15, 0.2) is 29.3 Å². The minimum atomic E-state index is -1.11. The summed E-state index contributed by atoms with van der Waals surface area (Å²) in [6.07, 6.45) is 2.95. The molecule has 25 heavy (non-hydrogen) atoms. The lowest BCUT2D eigenvalue weighted by molar-refractivity contribution is -0.143. The number of amides is 1. The lowest BCUT2D eigenvalue weighted by Crippen LogP contribution is -2.45. The summed E-state index contributed by atoms with van der Waals surface area (Å²) in [7, 11) is 0. The Balaban J connectivity index is 2.22. The Kier molecular flexibility index (Phi) is 5.63. The van der Waals surface area contributed by atoms with Crippen LogP contribution in [0.5, 0.6) is 0 Å². The van der Waals surface area contributed by atoms with Crippen molar-refractivity contribution in [1.29, 1.82) is 0 Å². The lowest BCUT2D eigenvalue weighted by Gasteiger charge is -2.18. The van der Waals surface area contributed by atoms with Gasteiger partial charge in [0.1, 0.15) is 11.9 Å². The summed E-state index contributed by atoms with van der Waals surface area (Å²) in [6.45, 7) is 5.03. The summed E-state index contributed by atoms with van der Waals surface area (Å²) in [5, 5.41) is 11.6. The van der Waals surface area contributed by atoms with Crippen LogP contribution in [0.25, 0.3) is 11.4 Å². The third-order valence-electron chi connectivity index (χ3n) is 3.74. The fraction of sp³-hybridized carbons (Fsp3) is 0.353. The van der Waals surface area contributed by atoms with E-state index >= 15 is 0 Å². The first kappa shape index (κ1) is 18.3. The van der Waals surface area contributed by atoms with Crippen molar-refractivity contribution >= 4 is 11.9 Å². The molecular weight excluding hydrogens is 324 g/mol. The molecule has 2 heterocycles. The van der Waals surface area contributed by atoms with E-state index in [0.29, 0.717) is 17.1 Å². The molecule has 2 rings (SSSR count). The van der Waals surface area contributed by atoms with Crippen LogP contribution in [0.3, 0.4) is 0 Å². The van der Waals surface area contributed by atoms with Gasteiger partial charge in [-0.2, -0.15) is 0 Å². The molecule has 132 valence electrons. The van der Waals surface area contributed by atoms with Crippen molar-refractivity contribution in [1.82, 2.24) is 20.3 Å². The van der Waals surface area contributed by atoms with E-state index in [4.69, 9.17) is 5.11 Å². The Labute approximate surface area is 144 Å². The molecule has 0 saturated heterocycles. The number of hydrogen-bond acceptors (Lipinski definition) is 5. The van der Waals surface area contributed by atoms with Gasteiger partial charge in [-0.1, -0.05) is 13.8 Å². The third kappa shape index (κ3) is 4.50. The summed E-state index contributed by atoms with van der Waals surface area (Å²) >= 11 is 0. The highest BCUT2D eigenvalue weighted by Crippen LogP contribution is 2.13. The van der Waals surface area contributed by atoms with Crippen molar-refractivity contribution in [2.75, 3.05) is 0 Å². The Morgan fingerprint density at radius 2 is 2.08 bits per heavy atom. The molecule has 1 amide bonds. The number of rotatable bonds is 6. The number of carboxylic acids is 1. The smallest absolute Gasteiger partial charge is 0.326 e. The average Bonchev–Trinajstić information content (AvgIpc) is 2.56. The molecule has 0 saturated carbocycles. The van der Waals surface area contributed by atoms with Gasteiger partial charge in [-0.15, -0.1) is 0 Å². The number of nitrogens with zero attached hydrogens (tertiary/aromatic N) is 2. The number of carboxylic acid groups (broad SMARTS) is 1. The minimum absolute atomic E-state index is 0.207. The van der Waals surface area contributed by atoms with E-state index in [1.807, 2.05) is 0 Å². The van der Waals surface area contributed by atoms with E-state index in [-0.39, 0.29) is 17.9 Å². The monoisotopic (exact) mass is 344 g/mol. The minimum Gasteiger partial charge on any atom is -0.480 e. The number of pyridine rings is 1. The van der Waals surface area contributed by atoms with E-state index < -0.39 is 23.5 Å². The summed E-state index contributed by atoms with van der Waals surface area (Å²) in [4.78, 5) is 46.5. The first-order valence-corrected chi connectivity index (χ1v) is 7.82. The molecule has 2 aromatic heterocycles. The Hall–Kier alpha value is -3.03. The number of aliphatic carboxylic acids is 1. The SMILES string of the molecule is Cc1nc(-c2cccnc2)[nH]c(=O)c1CC(=O)N[C@@H](C(=O)O)C(C)C. The molecule has 0 aliphatic carbocycles. The molecule has 1 atom stereocenters. The maximum absolute atomic E-state index is 12.3. The van der Waals surface area contributed by atoms with E-state index in [0.717, 1.165) is 0 Å². The standard InChI is InChI=1S/C17H20N4O4/c1-9(2)14(17(24)25)20-13(22)7-12-10(3)19-15(21-16(12)23)11-5-4-6-18-8-11/h4-6,8-9,14H,7H2,1-3H3,(H,20,22)(H,24,25)(H,19,21,23)/t14-/m1/s1. The van der Waals surface area contributed by atoms with Crippen LogP contribution in [0.2, 0.25) is 0 Å². The topological polar surface area (TPSA) is 125 Å². The van der Waals surface area contributed by atoms with E-state index in [1.165, 1.54) is 0 Å². The molecule has 0 aromatic carbocycles. The second-order valence-corrected chi connectivity index (χ2v) is 6.02. The summed E-state index contributed by atoms with van der Waals surface area (Å²) in [5.74, 6) is -1.55. The first-order valence-electron chi connectivity index (χ1n) is 7.82. The van der Waals surface area contributed by atoms with Crippen molar-refractivity contribution in [3.8, 4) is 11.4 Å². The van der Waals surface area contributed by atoms with Crippen LogP contribution in [-0.4, -0.2) is 38.0 Å². The van der Waals surface area contributed by atoms with Crippen molar-refractivity contribution < 1.29 is 14.7 Å². The molecule has 0 unspecified atom stereocenters. The number of aromatic nitrogens is 3. The number of aryl methyl sites for hydroxylation is 1. The normalized spacial score (nSPS) is 12.0. The molecule has 0 bridgehead atoms. The molecule has 0 radical (unpaired) electrons. The Morgan fingerprint density at radius 3 is 2.60 bits per heavy atom. The van der Waals surface area contributed by atoms with Crippen LogP contribution in [0.1, 0.15) is 25.1 Å². The van der Waals surface area contributed by atoms with Crippen LogP contribution < -0.4 is 10.9 Å². The molecule has 2 aromatic rings. The van der Waals surface area contributed by atoms with Gasteiger partial charge in [-0.3, -0.25) is 14.6 Å². The van der Waals surface area contributed by atoms with Crippen LogP contribution in [0, 0.1) is 12.8 Å². The zero-order valence-corrected chi connectivity index (χ0v) is 14.2. The molecule has 0 aliphatic rings. The number of aromatic amines is 1. The zero-order chi connectivity index (χ0) is 18.6. The van der Waals surface area contributed by atoms with E-state index in [9.17, 15) is 14.4 Å². The van der Waals surface area contributed by atoms with Crippen molar-refractivity contribution in [2.24, 2.45) is 5.92 Å². The molecule has 0 fully saturated rings. The van der Waals surface area contributed by atoms with Gasteiger partial charge < -0.3 is 15.4 Å². The quantitative estimate of drug-likeness (QED) is 0.715. The van der Waals surface area contributed by atoms with Gasteiger partial charge >= 0.3 is 5.97 Å². The highest BCUT2D eigenvalue weighted by molar-refractivity contribution is 5.85. The number of carbonyl (C=O) groups excluding carboxylic acids is 1. The predicted molar refractivity (Wildman–Crippen MR) is 90.9 cm³/mol. The van der Waals surface area contributed by atoms with E-state index in [1.54, 1.807) is 45.3 Å². The van der Waals surface area contributed by atoms with Crippen molar-refractivity contribution in [2.45, 2.75) is 33.2 Å². The highest BCUT2D eigenvalue weighted by atomic mass is 16.4. The number of nitrogens with one attached hydrogen (secondary N) is 2. The molecule has 0 spiro atoms. The van der Waals surface area contributed by atoms with E-state index in [2.05, 4.69) is 20.3 Å². The fourth-order valence-electron chi connectivity index (χ4n) is 2.36. The molecule has 8 heteroatoms. The Morgan fingerprint density at radius 1 is 1.36 bits per heavy atom. The summed E-state index contributed by atoms with van der Waals surface area (Å²) < 4.78 is 0. The maximum atomic E-state index is 12.3. The second-order valence-electron chi connectivity index (χ2n) is 6.02. The largest absolute Gasteiger partial charge is 0.480 e. The summed E-state index contributed by atoms with van der Waals surface area (Å²) in [6, 6.07) is 2.48. The van der Waals surface area contributed by atoms with Gasteiger partial charge in [0.05, 0.1) is 6.42 Å². The predicted octanol–water partition coefficient (Wildman–Crippen LogP) is 0.908. The van der Waals surface area contributed by atoms with Crippen molar-refractivity contribution in [3.63, 3.8) is 0 Å². The van der Waals surface area contributed by atoms with Crippen LogP contribution >= 0.6 is 0 Å². The molecular formula is C17H20N4O4. The number of H-pyrrole nitrogens is 1. The fourth-order valence-corrected chi connectivity index (χ4v) is 2.36. The van der Waals surface area contributed by atoms with Gasteiger partial charge in [0.2, 0.25) is 5.91 Å². The van der Waals surface area contributed by atoms with Crippen LogP contribution in [-0.2, 0) is 16.0 Å². The summed E-state index contributed by atoms with van der Waals surface area (Å²) in [5.41, 5.74) is 0.842. The first-order chi connectivity index (χ1) is 11.8. The highest BCUT2D eigenvalue weighted by Gasteiger charge is 2.24. The Bertz CT molecular complexity index is 830. The van der Waals surface area contributed by atoms with Gasteiger partial charge in [0.25, 0.3) is 5.56 Å². The van der Waals surface area contributed by atoms with Gasteiger partial charge in [-0.25, -0.2) is 9.78 Å². The van der Waals surface area contributed by atoms with Gasteiger partial charge in [-0.05, 0) is 25.0 Å². The van der Waals surface area contributed by atoms with Crippen molar-refractivity contribution in [3.05, 3.63) is 46.1 Å². The van der Waals surface area contributed by atoms with Gasteiger partial charge in [0.15, 0.2) is 0 Å². The molecule has 3 N–H and O–H groups in total. The lowest BCUT2D eigenvalue weighted by atomic mass is 10.0. The number of hydrogen-bond donors (Lipinski definition) is 3. The zero-order valence-electron chi connectivity index (χ0n) is 14.2. The molecule has 0 aliphatic heterocycles. The van der Waals surface area contributed by atoms with Crippen LogP contribution in [0.4, 0.5) is 0 Å². The number of carbonyl (C=O) groups is 2. The van der Waals surface area contributed by atoms with Gasteiger partial charge in [0, 0.05) is 29.2 Å². The second kappa shape index (κ2) is 7.69. The molecule has 8 nitrogen and oxygen atoms in total. The average molecular weight is 344 g/mol. The maximum Gasteiger partial charge on any atom is 0.326 e.